The van der Waals surface area contributed by atoms with Gasteiger partial charge in [-0.2, -0.15) is 0 Å². The molecule has 1 aromatic carbocycles. The molecule has 1 aromatic heterocycles. The van der Waals surface area contributed by atoms with Gasteiger partial charge in [-0.25, -0.2) is 4.98 Å². The molecule has 0 bridgehead atoms. The van der Waals surface area contributed by atoms with Gasteiger partial charge in [-0.05, 0) is 31.4 Å². The maximum Gasteiger partial charge on any atom is 0.261 e. The first-order valence-corrected chi connectivity index (χ1v) is 6.34. The van der Waals surface area contributed by atoms with Gasteiger partial charge in [-0.1, -0.05) is 19.1 Å². The number of aromatic nitrogens is 2. The van der Waals surface area contributed by atoms with Crippen LogP contribution in [0.3, 0.4) is 0 Å². The van der Waals surface area contributed by atoms with E-state index in [0.717, 1.165) is 24.8 Å². The van der Waals surface area contributed by atoms with Gasteiger partial charge in [-0.15, -0.1) is 0 Å². The predicted molar refractivity (Wildman–Crippen MR) is 71.5 cm³/mol. The summed E-state index contributed by atoms with van der Waals surface area (Å²) in [6, 6.07) is 7.34. The summed E-state index contributed by atoms with van der Waals surface area (Å²) in [6.45, 7) is 2.56. The van der Waals surface area contributed by atoms with Crippen molar-refractivity contribution < 1.29 is 5.11 Å². The molecule has 0 spiro atoms. The van der Waals surface area contributed by atoms with Crippen LogP contribution in [0.15, 0.2) is 35.4 Å². The molecule has 0 aliphatic rings. The Balaban J connectivity index is 2.14. The van der Waals surface area contributed by atoms with Crippen LogP contribution in [0.4, 0.5) is 0 Å². The zero-order chi connectivity index (χ0) is 13.0. The fraction of sp³-hybridized carbons (Fsp3) is 0.429. The average Bonchev–Trinajstić information content (AvgIpc) is 2.41. The van der Waals surface area contributed by atoms with Crippen molar-refractivity contribution in [2.45, 2.75) is 38.8 Å². The van der Waals surface area contributed by atoms with Crippen molar-refractivity contribution in [3.63, 3.8) is 0 Å². The molecule has 0 aliphatic carbocycles. The number of aliphatic hydroxyl groups is 1. The maximum atomic E-state index is 12.1. The highest BCUT2D eigenvalue weighted by Gasteiger charge is 2.04. The number of hydrogen-bond donors (Lipinski definition) is 1. The first-order chi connectivity index (χ1) is 8.72. The molecular formula is C14H18N2O2. The Labute approximate surface area is 106 Å². The number of para-hydroxylation sites is 1. The Kier molecular flexibility index (Phi) is 4.10. The fourth-order valence-corrected chi connectivity index (χ4v) is 1.97. The zero-order valence-corrected chi connectivity index (χ0v) is 10.5. The Hall–Kier alpha value is -1.68. The van der Waals surface area contributed by atoms with Crippen LogP contribution < -0.4 is 5.56 Å². The second kappa shape index (κ2) is 5.78. The molecule has 0 saturated carbocycles. The minimum atomic E-state index is -0.269. The van der Waals surface area contributed by atoms with Gasteiger partial charge in [-0.3, -0.25) is 9.36 Å². The molecule has 0 saturated heterocycles. The van der Waals surface area contributed by atoms with E-state index in [-0.39, 0.29) is 11.7 Å². The summed E-state index contributed by atoms with van der Waals surface area (Å²) < 4.78 is 1.62. The van der Waals surface area contributed by atoms with E-state index in [2.05, 4.69) is 4.98 Å². The lowest BCUT2D eigenvalue weighted by Gasteiger charge is -2.09. The molecule has 0 amide bonds. The van der Waals surface area contributed by atoms with Crippen molar-refractivity contribution in [2.24, 2.45) is 0 Å². The Morgan fingerprint density at radius 2 is 2.17 bits per heavy atom. The van der Waals surface area contributed by atoms with Crippen LogP contribution in [0.25, 0.3) is 10.9 Å². The smallest absolute Gasteiger partial charge is 0.261 e. The van der Waals surface area contributed by atoms with Crippen molar-refractivity contribution in [3.8, 4) is 0 Å². The topological polar surface area (TPSA) is 55.1 Å². The summed E-state index contributed by atoms with van der Waals surface area (Å²) in [5.41, 5.74) is 0.721. The van der Waals surface area contributed by atoms with Crippen molar-refractivity contribution in [3.05, 3.63) is 40.9 Å². The van der Waals surface area contributed by atoms with Gasteiger partial charge in [0, 0.05) is 6.54 Å². The number of aliphatic hydroxyl groups excluding tert-OH is 1. The molecule has 1 unspecified atom stereocenters. The van der Waals surface area contributed by atoms with E-state index in [1.807, 2.05) is 25.1 Å². The minimum Gasteiger partial charge on any atom is -0.393 e. The quantitative estimate of drug-likeness (QED) is 0.877. The highest BCUT2D eigenvalue weighted by molar-refractivity contribution is 5.76. The molecule has 4 heteroatoms. The molecule has 4 nitrogen and oxygen atoms in total. The summed E-state index contributed by atoms with van der Waals surface area (Å²) in [7, 11) is 0. The third kappa shape index (κ3) is 2.76. The number of benzene rings is 1. The first kappa shape index (κ1) is 12.8. The van der Waals surface area contributed by atoms with E-state index >= 15 is 0 Å². The molecule has 2 aromatic rings. The monoisotopic (exact) mass is 246 g/mol. The summed E-state index contributed by atoms with van der Waals surface area (Å²) in [5, 5.41) is 10.1. The SMILES string of the molecule is CCC(O)CCCn1cnc2ccccc2c1=O. The summed E-state index contributed by atoms with van der Waals surface area (Å²) >= 11 is 0. The molecule has 1 atom stereocenters. The number of rotatable bonds is 5. The van der Waals surface area contributed by atoms with Gasteiger partial charge < -0.3 is 5.11 Å². The highest BCUT2D eigenvalue weighted by atomic mass is 16.3. The molecule has 1 N–H and O–H groups in total. The van der Waals surface area contributed by atoms with Gasteiger partial charge in [0.05, 0.1) is 23.3 Å². The second-order valence-corrected chi connectivity index (χ2v) is 4.46. The van der Waals surface area contributed by atoms with Gasteiger partial charge in [0.25, 0.3) is 5.56 Å². The van der Waals surface area contributed by atoms with Crippen LogP contribution in [0.5, 0.6) is 0 Å². The Morgan fingerprint density at radius 3 is 2.94 bits per heavy atom. The van der Waals surface area contributed by atoms with Crippen LogP contribution in [0.1, 0.15) is 26.2 Å². The largest absolute Gasteiger partial charge is 0.393 e. The van der Waals surface area contributed by atoms with Crippen molar-refractivity contribution in [2.75, 3.05) is 0 Å². The number of nitrogens with zero attached hydrogens (tertiary/aromatic N) is 2. The lowest BCUT2D eigenvalue weighted by Crippen LogP contribution is -2.21. The van der Waals surface area contributed by atoms with Crippen molar-refractivity contribution >= 4 is 10.9 Å². The van der Waals surface area contributed by atoms with Gasteiger partial charge in [0.2, 0.25) is 0 Å². The van der Waals surface area contributed by atoms with E-state index in [9.17, 15) is 9.90 Å². The molecule has 2 rings (SSSR count). The fourth-order valence-electron chi connectivity index (χ4n) is 1.97. The molecule has 18 heavy (non-hydrogen) atoms. The van der Waals surface area contributed by atoms with Gasteiger partial charge >= 0.3 is 0 Å². The highest BCUT2D eigenvalue weighted by Crippen LogP contribution is 2.06. The molecule has 1 heterocycles. The second-order valence-electron chi connectivity index (χ2n) is 4.46. The van der Waals surface area contributed by atoms with Crippen molar-refractivity contribution in [1.82, 2.24) is 9.55 Å². The van der Waals surface area contributed by atoms with Crippen LogP contribution >= 0.6 is 0 Å². The summed E-state index contributed by atoms with van der Waals surface area (Å²) in [5.74, 6) is 0. The normalized spacial score (nSPS) is 12.8. The van der Waals surface area contributed by atoms with E-state index in [4.69, 9.17) is 0 Å². The summed E-state index contributed by atoms with van der Waals surface area (Å²) in [6.07, 6.45) is 3.58. The molecule has 0 aliphatic heterocycles. The van der Waals surface area contributed by atoms with Crippen LogP contribution in [-0.2, 0) is 6.54 Å². The molecule has 0 fully saturated rings. The number of fused-ring (bicyclic) bond motifs is 1. The zero-order valence-electron chi connectivity index (χ0n) is 10.5. The van der Waals surface area contributed by atoms with E-state index in [1.165, 1.54) is 0 Å². The van der Waals surface area contributed by atoms with Crippen LogP contribution in [-0.4, -0.2) is 20.8 Å². The Morgan fingerprint density at radius 1 is 1.39 bits per heavy atom. The summed E-state index contributed by atoms with van der Waals surface area (Å²) in [4.78, 5) is 16.4. The van der Waals surface area contributed by atoms with Crippen molar-refractivity contribution in [1.29, 1.82) is 0 Å². The number of aryl methyl sites for hydroxylation is 1. The Bertz CT molecular complexity index is 577. The number of hydrogen-bond acceptors (Lipinski definition) is 3. The van der Waals surface area contributed by atoms with E-state index < -0.39 is 0 Å². The first-order valence-electron chi connectivity index (χ1n) is 6.34. The lowest BCUT2D eigenvalue weighted by molar-refractivity contribution is 0.155. The van der Waals surface area contributed by atoms with Gasteiger partial charge in [0.15, 0.2) is 0 Å². The molecule has 0 radical (unpaired) electrons. The lowest BCUT2D eigenvalue weighted by atomic mass is 10.1. The van der Waals surface area contributed by atoms with E-state index in [1.54, 1.807) is 17.0 Å². The predicted octanol–water partition coefficient (Wildman–Crippen LogP) is 1.95. The standard InChI is InChI=1S/C14H18N2O2/c1-2-11(17)6-5-9-16-10-15-13-8-4-3-7-12(13)14(16)18/h3-4,7-8,10-11,17H,2,5-6,9H2,1H3. The molecule has 96 valence electrons. The average molecular weight is 246 g/mol. The van der Waals surface area contributed by atoms with Crippen LogP contribution in [0.2, 0.25) is 0 Å². The van der Waals surface area contributed by atoms with Gasteiger partial charge in [0.1, 0.15) is 0 Å². The maximum absolute atomic E-state index is 12.1. The van der Waals surface area contributed by atoms with E-state index in [0.29, 0.717) is 11.9 Å². The van der Waals surface area contributed by atoms with Crippen LogP contribution in [0, 0.1) is 0 Å². The third-order valence-corrected chi connectivity index (χ3v) is 3.14. The molecular weight excluding hydrogens is 228 g/mol. The minimum absolute atomic E-state index is 0.00779. The third-order valence-electron chi connectivity index (χ3n) is 3.14.